The third-order valence-corrected chi connectivity index (χ3v) is 0.948. The molecule has 0 heterocycles. The molecule has 5 nitrogen and oxygen atoms in total. The highest BCUT2D eigenvalue weighted by molar-refractivity contribution is 5.68. The van der Waals surface area contributed by atoms with Crippen LogP contribution < -0.4 is 0 Å². The van der Waals surface area contributed by atoms with Crippen LogP contribution in [0.3, 0.4) is 0 Å². The number of hydrogen-bond donors (Lipinski definition) is 0. The van der Waals surface area contributed by atoms with Crippen molar-refractivity contribution in [3.8, 4) is 0 Å². The van der Waals surface area contributed by atoms with Crippen LogP contribution in [0.4, 0.5) is 4.79 Å². The molecule has 12 heavy (non-hydrogen) atoms. The molecular formula is C7H10O5. The Labute approximate surface area is 69.6 Å². The normalized spacial score (nSPS) is 14.2. The fourth-order valence-electron chi connectivity index (χ4n) is 0.387. The van der Waals surface area contributed by atoms with Crippen LogP contribution in [0.25, 0.3) is 0 Å². The van der Waals surface area contributed by atoms with Crippen LogP contribution >= 0.6 is 0 Å². The smallest absolute Gasteiger partial charge is 0.424 e. The molecule has 0 aromatic heterocycles. The van der Waals surface area contributed by atoms with Crippen molar-refractivity contribution in [3.63, 3.8) is 0 Å². The lowest BCUT2D eigenvalue weighted by Crippen LogP contribution is -2.21. The summed E-state index contributed by atoms with van der Waals surface area (Å²) in [5, 5.41) is 0. The van der Waals surface area contributed by atoms with E-state index >= 15 is 0 Å². The second-order valence-electron chi connectivity index (χ2n) is 2.17. The Balaban J connectivity index is 3.73. The predicted octanol–water partition coefficient (Wildman–Crippen LogP) is 0.314. The summed E-state index contributed by atoms with van der Waals surface area (Å²) in [6.45, 7) is 2.78. The summed E-state index contributed by atoms with van der Waals surface area (Å²) in [5.74, 6) is 0. The number of hydrogen-bond acceptors (Lipinski definition) is 5. The maximum atomic E-state index is 10.6. The third-order valence-electron chi connectivity index (χ3n) is 0.948. The fraction of sp³-hybridized carbons (Fsp3) is 0.571. The number of carbonyl (C=O) groups is 3. The highest BCUT2D eigenvalue weighted by Crippen LogP contribution is 1.94. The van der Waals surface area contributed by atoms with Crippen LogP contribution in [0, 0.1) is 0 Å². The molecule has 0 spiro atoms. The van der Waals surface area contributed by atoms with E-state index in [1.807, 2.05) is 0 Å². The Bertz CT molecular complexity index is 159. The molecule has 0 aliphatic heterocycles. The van der Waals surface area contributed by atoms with Gasteiger partial charge < -0.3 is 9.47 Å². The summed E-state index contributed by atoms with van der Waals surface area (Å²) in [4.78, 5) is 30.6. The van der Waals surface area contributed by atoms with E-state index in [-0.39, 0.29) is 0 Å². The maximum Gasteiger partial charge on any atom is 0.509 e. The van der Waals surface area contributed by atoms with Gasteiger partial charge in [-0.1, -0.05) is 0 Å². The van der Waals surface area contributed by atoms with Gasteiger partial charge in [-0.15, -0.1) is 0 Å². The quantitative estimate of drug-likeness (QED) is 0.453. The first-order valence-corrected chi connectivity index (χ1v) is 3.38. The molecule has 0 N–H and O–H groups in total. The number of ether oxygens (including phenoxy) is 2. The fourth-order valence-corrected chi connectivity index (χ4v) is 0.387. The van der Waals surface area contributed by atoms with Gasteiger partial charge in [-0.2, -0.15) is 0 Å². The molecule has 2 unspecified atom stereocenters. The highest BCUT2D eigenvalue weighted by atomic mass is 16.7. The highest BCUT2D eigenvalue weighted by Gasteiger charge is 2.12. The first-order valence-electron chi connectivity index (χ1n) is 3.38. The van der Waals surface area contributed by atoms with E-state index in [0.717, 1.165) is 0 Å². The molecule has 0 radical (unpaired) electrons. The van der Waals surface area contributed by atoms with E-state index in [0.29, 0.717) is 12.6 Å². The lowest BCUT2D eigenvalue weighted by molar-refractivity contribution is -0.119. The summed E-state index contributed by atoms with van der Waals surface area (Å²) in [6, 6.07) is 0. The summed E-state index contributed by atoms with van der Waals surface area (Å²) >= 11 is 0. The van der Waals surface area contributed by atoms with Gasteiger partial charge in [0.15, 0.2) is 24.8 Å². The monoisotopic (exact) mass is 174 g/mol. The predicted molar refractivity (Wildman–Crippen MR) is 38.6 cm³/mol. The zero-order valence-electron chi connectivity index (χ0n) is 6.85. The van der Waals surface area contributed by atoms with Gasteiger partial charge in [-0.3, -0.25) is 9.59 Å². The van der Waals surface area contributed by atoms with Crippen molar-refractivity contribution in [2.45, 2.75) is 26.1 Å². The minimum atomic E-state index is -1.02. The summed E-state index contributed by atoms with van der Waals surface area (Å²) < 4.78 is 8.77. The molecule has 0 aromatic carbocycles. The molecule has 0 amide bonds. The standard InChI is InChI=1S/C7H10O5/c1-5(3-8)11-7(10)12-6(2)4-9/h3-6H,1-2H3. The average molecular weight is 174 g/mol. The maximum absolute atomic E-state index is 10.6. The molecule has 0 aromatic rings. The second kappa shape index (κ2) is 5.29. The average Bonchev–Trinajstić information content (AvgIpc) is 2.03. The molecule has 0 saturated heterocycles. The number of aldehydes is 2. The van der Waals surface area contributed by atoms with Crippen LogP contribution in [0.5, 0.6) is 0 Å². The van der Waals surface area contributed by atoms with Crippen LogP contribution in [-0.4, -0.2) is 30.9 Å². The van der Waals surface area contributed by atoms with Gasteiger partial charge in [0, 0.05) is 0 Å². The van der Waals surface area contributed by atoms with E-state index in [1.54, 1.807) is 0 Å². The Morgan fingerprint density at radius 2 is 1.42 bits per heavy atom. The molecule has 0 bridgehead atoms. The molecular weight excluding hydrogens is 164 g/mol. The molecule has 0 saturated carbocycles. The molecule has 2 atom stereocenters. The van der Waals surface area contributed by atoms with Crippen LogP contribution in [0.1, 0.15) is 13.8 Å². The molecule has 0 aliphatic carbocycles. The topological polar surface area (TPSA) is 69.7 Å². The van der Waals surface area contributed by atoms with Crippen LogP contribution in [0.2, 0.25) is 0 Å². The van der Waals surface area contributed by atoms with Crippen molar-refractivity contribution in [3.05, 3.63) is 0 Å². The molecule has 0 rings (SSSR count). The van der Waals surface area contributed by atoms with E-state index < -0.39 is 18.4 Å². The van der Waals surface area contributed by atoms with Crippen molar-refractivity contribution >= 4 is 18.7 Å². The molecule has 0 fully saturated rings. The lowest BCUT2D eigenvalue weighted by Gasteiger charge is -2.08. The lowest BCUT2D eigenvalue weighted by atomic mass is 10.5. The van der Waals surface area contributed by atoms with Gasteiger partial charge in [-0.05, 0) is 13.8 Å². The number of carbonyl (C=O) groups excluding carboxylic acids is 3. The van der Waals surface area contributed by atoms with Crippen molar-refractivity contribution in [1.29, 1.82) is 0 Å². The van der Waals surface area contributed by atoms with Gasteiger partial charge in [0.25, 0.3) is 0 Å². The summed E-state index contributed by atoms with van der Waals surface area (Å²) in [6.07, 6.45) is -1.82. The second-order valence-corrected chi connectivity index (χ2v) is 2.17. The zero-order chi connectivity index (χ0) is 9.56. The van der Waals surface area contributed by atoms with Crippen molar-refractivity contribution < 1.29 is 23.9 Å². The van der Waals surface area contributed by atoms with Crippen LogP contribution in [-0.2, 0) is 19.1 Å². The zero-order valence-corrected chi connectivity index (χ0v) is 6.85. The van der Waals surface area contributed by atoms with E-state index in [9.17, 15) is 14.4 Å². The van der Waals surface area contributed by atoms with Crippen molar-refractivity contribution in [2.24, 2.45) is 0 Å². The Hall–Kier alpha value is -1.39. The minimum Gasteiger partial charge on any atom is -0.424 e. The van der Waals surface area contributed by atoms with E-state index in [1.165, 1.54) is 13.8 Å². The molecule has 0 aliphatic rings. The minimum absolute atomic E-state index is 0.451. The van der Waals surface area contributed by atoms with Gasteiger partial charge in [-0.25, -0.2) is 4.79 Å². The SMILES string of the molecule is CC(C=O)OC(=O)OC(C)C=O. The summed E-state index contributed by atoms with van der Waals surface area (Å²) in [5.41, 5.74) is 0. The first-order chi connectivity index (χ1) is 5.60. The van der Waals surface area contributed by atoms with Crippen LogP contribution in [0.15, 0.2) is 0 Å². The summed E-state index contributed by atoms with van der Waals surface area (Å²) in [7, 11) is 0. The van der Waals surface area contributed by atoms with E-state index in [2.05, 4.69) is 9.47 Å². The number of rotatable bonds is 4. The largest absolute Gasteiger partial charge is 0.509 e. The van der Waals surface area contributed by atoms with Gasteiger partial charge in [0.1, 0.15) is 0 Å². The van der Waals surface area contributed by atoms with Gasteiger partial charge in [0.2, 0.25) is 0 Å². The molecule has 5 heteroatoms. The van der Waals surface area contributed by atoms with E-state index in [4.69, 9.17) is 0 Å². The Kier molecular flexibility index (Phi) is 4.67. The third kappa shape index (κ3) is 4.43. The van der Waals surface area contributed by atoms with Crippen molar-refractivity contribution in [1.82, 2.24) is 0 Å². The molecule has 68 valence electrons. The Morgan fingerprint density at radius 3 is 1.67 bits per heavy atom. The Morgan fingerprint density at radius 1 is 1.08 bits per heavy atom. The van der Waals surface area contributed by atoms with Gasteiger partial charge in [0.05, 0.1) is 0 Å². The van der Waals surface area contributed by atoms with Crippen molar-refractivity contribution in [2.75, 3.05) is 0 Å². The van der Waals surface area contributed by atoms with Gasteiger partial charge >= 0.3 is 6.16 Å². The first kappa shape index (κ1) is 10.6.